The predicted octanol–water partition coefficient (Wildman–Crippen LogP) is 3.63. The summed E-state index contributed by atoms with van der Waals surface area (Å²) in [6, 6.07) is 11.0. The first-order chi connectivity index (χ1) is 10.4. The summed E-state index contributed by atoms with van der Waals surface area (Å²) in [5, 5.41) is 6.72. The molecular weight excluding hydrogens is 280 g/mol. The average molecular weight is 300 g/mol. The Morgan fingerprint density at radius 1 is 1.29 bits per heavy atom. The van der Waals surface area contributed by atoms with E-state index in [2.05, 4.69) is 33.9 Å². The molecule has 1 aliphatic carbocycles. The summed E-state index contributed by atoms with van der Waals surface area (Å²) in [5.41, 5.74) is 2.23. The van der Waals surface area contributed by atoms with Crippen LogP contribution in [0.2, 0.25) is 0 Å². The molecule has 0 atom stereocenters. The van der Waals surface area contributed by atoms with Crippen LogP contribution in [-0.2, 0) is 17.9 Å². The van der Waals surface area contributed by atoms with E-state index in [1.54, 1.807) is 11.3 Å². The second-order valence-electron chi connectivity index (χ2n) is 5.22. The number of thiazole rings is 1. The molecule has 0 aliphatic heterocycles. The maximum Gasteiger partial charge on any atom is 0.107 e. The summed E-state index contributed by atoms with van der Waals surface area (Å²) in [5.74, 6) is 0. The van der Waals surface area contributed by atoms with Crippen LogP contribution in [0.1, 0.15) is 29.1 Å². The summed E-state index contributed by atoms with van der Waals surface area (Å²) >= 11 is 1.71. The topological polar surface area (TPSA) is 34.1 Å². The van der Waals surface area contributed by atoms with Crippen molar-refractivity contribution in [2.75, 3.05) is 6.61 Å². The Kier molecular flexibility index (Phi) is 5.16. The van der Waals surface area contributed by atoms with E-state index in [-0.39, 0.29) is 0 Å². The van der Waals surface area contributed by atoms with Gasteiger partial charge in [0.05, 0.1) is 18.9 Å². The molecular formula is C17H20N2OS. The van der Waals surface area contributed by atoms with E-state index in [1.165, 1.54) is 18.4 Å². The predicted molar refractivity (Wildman–Crippen MR) is 87.1 cm³/mol. The van der Waals surface area contributed by atoms with Gasteiger partial charge >= 0.3 is 0 Å². The molecule has 1 aromatic carbocycles. The minimum absolute atomic E-state index is 0.582. The molecule has 0 bridgehead atoms. The van der Waals surface area contributed by atoms with Crippen LogP contribution in [0.5, 0.6) is 0 Å². The summed E-state index contributed by atoms with van der Waals surface area (Å²) in [7, 11) is 0. The van der Waals surface area contributed by atoms with Crippen molar-refractivity contribution in [2.45, 2.75) is 32.0 Å². The van der Waals surface area contributed by atoms with Crippen LogP contribution in [0.15, 0.2) is 41.8 Å². The monoisotopic (exact) mass is 300 g/mol. The van der Waals surface area contributed by atoms with Crippen molar-refractivity contribution in [3.8, 4) is 0 Å². The summed E-state index contributed by atoms with van der Waals surface area (Å²) in [4.78, 5) is 4.57. The lowest BCUT2D eigenvalue weighted by Crippen LogP contribution is -2.15. The van der Waals surface area contributed by atoms with Gasteiger partial charge in [0.15, 0.2) is 0 Å². The molecule has 21 heavy (non-hydrogen) atoms. The smallest absolute Gasteiger partial charge is 0.107 e. The largest absolute Gasteiger partial charge is 0.371 e. The van der Waals surface area contributed by atoms with Gasteiger partial charge in [-0.3, -0.25) is 0 Å². The Labute approximate surface area is 129 Å². The van der Waals surface area contributed by atoms with Crippen LogP contribution >= 0.6 is 11.3 Å². The van der Waals surface area contributed by atoms with Gasteiger partial charge in [-0.05, 0) is 18.4 Å². The highest BCUT2D eigenvalue weighted by molar-refractivity contribution is 7.09. The number of rotatable bonds is 8. The van der Waals surface area contributed by atoms with Crippen LogP contribution in [0.3, 0.4) is 0 Å². The molecule has 3 rings (SSSR count). The Hall–Kier alpha value is -1.49. The first-order valence-corrected chi connectivity index (χ1v) is 8.24. The first kappa shape index (κ1) is 14.4. The van der Waals surface area contributed by atoms with Gasteiger partial charge in [0.1, 0.15) is 5.01 Å². The Morgan fingerprint density at radius 3 is 2.95 bits per heavy atom. The second kappa shape index (κ2) is 7.50. The first-order valence-electron chi connectivity index (χ1n) is 7.36. The van der Waals surface area contributed by atoms with Crippen LogP contribution < -0.4 is 5.32 Å². The summed E-state index contributed by atoms with van der Waals surface area (Å²) in [6.45, 7) is 2.09. The van der Waals surface area contributed by atoms with Crippen molar-refractivity contribution in [1.29, 1.82) is 0 Å². The van der Waals surface area contributed by atoms with Gasteiger partial charge in [-0.1, -0.05) is 42.5 Å². The van der Waals surface area contributed by atoms with Crippen molar-refractivity contribution in [3.05, 3.63) is 58.1 Å². The molecule has 1 aromatic heterocycles. The van der Waals surface area contributed by atoms with Crippen molar-refractivity contribution in [1.82, 2.24) is 10.3 Å². The number of aromatic nitrogens is 1. The maximum absolute atomic E-state index is 5.63. The lowest BCUT2D eigenvalue weighted by molar-refractivity contribution is 0.146. The average Bonchev–Trinajstić information content (AvgIpc) is 3.25. The Bertz CT molecular complexity index is 575. The zero-order chi connectivity index (χ0) is 14.3. The van der Waals surface area contributed by atoms with E-state index >= 15 is 0 Å². The fourth-order valence-electron chi connectivity index (χ4n) is 2.00. The standard InChI is InChI=1S/C17H20N2OS/c1-2-5-14(6-3-1)7-4-10-20-12-16-13-21-17(19-16)11-18-15-8-9-15/h1-7,13,15,18H,8-12H2. The highest BCUT2D eigenvalue weighted by Crippen LogP contribution is 2.20. The zero-order valence-corrected chi connectivity index (χ0v) is 12.8. The van der Waals surface area contributed by atoms with Crippen LogP contribution in [-0.4, -0.2) is 17.6 Å². The van der Waals surface area contributed by atoms with Gasteiger partial charge in [0.2, 0.25) is 0 Å². The third-order valence-electron chi connectivity index (χ3n) is 3.29. The highest BCUT2D eigenvalue weighted by Gasteiger charge is 2.20. The van der Waals surface area contributed by atoms with E-state index in [4.69, 9.17) is 4.74 Å². The van der Waals surface area contributed by atoms with Gasteiger partial charge in [-0.2, -0.15) is 0 Å². The van der Waals surface area contributed by atoms with Crippen molar-refractivity contribution >= 4 is 17.4 Å². The maximum atomic E-state index is 5.63. The molecule has 1 aliphatic rings. The molecule has 2 aromatic rings. The van der Waals surface area contributed by atoms with Gasteiger partial charge in [0.25, 0.3) is 0 Å². The number of nitrogens with zero attached hydrogens (tertiary/aromatic N) is 1. The molecule has 0 saturated heterocycles. The minimum Gasteiger partial charge on any atom is -0.371 e. The molecule has 1 heterocycles. The molecule has 3 nitrogen and oxygen atoms in total. The molecule has 1 fully saturated rings. The van der Waals surface area contributed by atoms with Crippen molar-refractivity contribution in [3.63, 3.8) is 0 Å². The van der Waals surface area contributed by atoms with Gasteiger partial charge < -0.3 is 10.1 Å². The molecule has 0 amide bonds. The fourth-order valence-corrected chi connectivity index (χ4v) is 2.72. The summed E-state index contributed by atoms with van der Waals surface area (Å²) in [6.07, 6.45) is 6.74. The fraction of sp³-hybridized carbons (Fsp3) is 0.353. The number of ether oxygens (including phenoxy) is 1. The lowest BCUT2D eigenvalue weighted by atomic mass is 10.2. The SMILES string of the molecule is C(=Cc1ccccc1)COCc1csc(CNC2CC2)n1. The van der Waals surface area contributed by atoms with E-state index in [9.17, 15) is 0 Å². The molecule has 0 radical (unpaired) electrons. The van der Waals surface area contributed by atoms with Crippen molar-refractivity contribution in [2.24, 2.45) is 0 Å². The number of hydrogen-bond acceptors (Lipinski definition) is 4. The molecule has 110 valence electrons. The molecule has 0 spiro atoms. The summed E-state index contributed by atoms with van der Waals surface area (Å²) < 4.78 is 5.63. The molecule has 0 unspecified atom stereocenters. The van der Waals surface area contributed by atoms with Crippen LogP contribution in [0.25, 0.3) is 6.08 Å². The number of nitrogens with one attached hydrogen (secondary N) is 1. The lowest BCUT2D eigenvalue weighted by Gasteiger charge is -1.99. The number of hydrogen-bond donors (Lipinski definition) is 1. The van der Waals surface area contributed by atoms with Gasteiger partial charge in [-0.15, -0.1) is 11.3 Å². The molecule has 1 N–H and O–H groups in total. The Balaban J connectivity index is 1.36. The van der Waals surface area contributed by atoms with Gasteiger partial charge in [0, 0.05) is 18.0 Å². The Morgan fingerprint density at radius 2 is 2.14 bits per heavy atom. The minimum atomic E-state index is 0.582. The highest BCUT2D eigenvalue weighted by atomic mass is 32.1. The quantitative estimate of drug-likeness (QED) is 0.756. The van der Waals surface area contributed by atoms with Gasteiger partial charge in [-0.25, -0.2) is 4.98 Å². The zero-order valence-electron chi connectivity index (χ0n) is 12.0. The third-order valence-corrected chi connectivity index (χ3v) is 4.19. The van der Waals surface area contributed by atoms with Crippen LogP contribution in [0, 0.1) is 0 Å². The molecule has 1 saturated carbocycles. The van der Waals surface area contributed by atoms with E-state index < -0.39 is 0 Å². The molecule has 4 heteroatoms. The second-order valence-corrected chi connectivity index (χ2v) is 6.16. The normalized spacial score (nSPS) is 14.9. The number of benzene rings is 1. The van der Waals surface area contributed by atoms with E-state index in [0.717, 1.165) is 23.3 Å². The van der Waals surface area contributed by atoms with E-state index in [1.807, 2.05) is 24.3 Å². The van der Waals surface area contributed by atoms with E-state index in [0.29, 0.717) is 13.2 Å². The van der Waals surface area contributed by atoms with Crippen molar-refractivity contribution < 1.29 is 4.74 Å². The van der Waals surface area contributed by atoms with Crippen LogP contribution in [0.4, 0.5) is 0 Å². The third kappa shape index (κ3) is 5.08.